The largest absolute Gasteiger partial charge is 0.379 e. The Kier molecular flexibility index (Phi) is 17.0. The maximum atomic E-state index is 12.8. The van der Waals surface area contributed by atoms with Crippen LogP contribution in [0.1, 0.15) is 22.4 Å². The fourth-order valence-corrected chi connectivity index (χ4v) is 5.47. The van der Waals surface area contributed by atoms with E-state index in [1.165, 1.54) is 0 Å². The van der Waals surface area contributed by atoms with Crippen LogP contribution in [0.2, 0.25) is 0 Å². The summed E-state index contributed by atoms with van der Waals surface area (Å²) in [4.78, 5) is 20.2. The van der Waals surface area contributed by atoms with Crippen LogP contribution in [-0.2, 0) is 40.4 Å². The van der Waals surface area contributed by atoms with Crippen molar-refractivity contribution in [3.05, 3.63) is 136 Å². The molecule has 0 aliphatic rings. The fraction of sp³-hybridized carbons (Fsp3) is 0.405. The zero-order chi connectivity index (χ0) is 35.1. The molecule has 3 aromatic carbocycles. The molecule has 1 atom stereocenters. The van der Waals surface area contributed by atoms with Crippen molar-refractivity contribution in [3.63, 3.8) is 0 Å². The number of azide groups is 1. The lowest BCUT2D eigenvalue weighted by molar-refractivity contribution is -0.122. The molecule has 1 heterocycles. The Labute approximate surface area is 293 Å². The first-order valence-electron chi connectivity index (χ1n) is 16.8. The molecule has 1 amide bonds. The van der Waals surface area contributed by atoms with E-state index in [9.17, 15) is 4.79 Å². The number of amides is 1. The van der Waals surface area contributed by atoms with Crippen molar-refractivity contribution in [1.29, 1.82) is 0 Å². The first-order chi connectivity index (χ1) is 24.7. The molecule has 0 bridgehead atoms. The van der Waals surface area contributed by atoms with Crippen molar-refractivity contribution in [1.82, 2.24) is 14.9 Å². The van der Waals surface area contributed by atoms with E-state index in [4.69, 9.17) is 39.9 Å². The van der Waals surface area contributed by atoms with Crippen LogP contribution < -0.4 is 11.1 Å². The summed E-state index contributed by atoms with van der Waals surface area (Å²) in [6.45, 7) is 4.87. The highest BCUT2D eigenvalue weighted by atomic mass is 16.6. The van der Waals surface area contributed by atoms with Crippen LogP contribution in [-0.4, -0.2) is 101 Å². The smallest absolute Gasteiger partial charge is 0.237 e. The number of carbonyl (C=O) groups excluding carboxylic acids is 1. The molecular weight excluding hydrogens is 638 g/mol. The molecule has 3 N–H and O–H groups in total. The Morgan fingerprint density at radius 1 is 0.740 bits per heavy atom. The predicted octanol–water partition coefficient (Wildman–Crippen LogP) is 4.10. The third kappa shape index (κ3) is 11.8. The number of ether oxygens (including phenoxy) is 5. The topological polar surface area (TPSA) is 168 Å². The van der Waals surface area contributed by atoms with Gasteiger partial charge in [-0.05, 0) is 22.2 Å². The number of nitrogens with zero attached hydrogens (tertiary/aromatic N) is 5. The van der Waals surface area contributed by atoms with Gasteiger partial charge < -0.3 is 39.3 Å². The van der Waals surface area contributed by atoms with E-state index in [1.54, 1.807) is 0 Å². The number of nitrogens with two attached hydrogens (primary N) is 1. The van der Waals surface area contributed by atoms with Crippen molar-refractivity contribution in [2.75, 3.05) is 79.2 Å². The Morgan fingerprint density at radius 2 is 1.18 bits per heavy atom. The van der Waals surface area contributed by atoms with Gasteiger partial charge in [0, 0.05) is 30.6 Å². The van der Waals surface area contributed by atoms with Gasteiger partial charge in [0.15, 0.2) is 0 Å². The van der Waals surface area contributed by atoms with Crippen LogP contribution in [0.5, 0.6) is 0 Å². The second-order valence-electron chi connectivity index (χ2n) is 11.2. The predicted molar refractivity (Wildman–Crippen MR) is 190 cm³/mol. The van der Waals surface area contributed by atoms with Gasteiger partial charge in [-0.15, -0.1) is 0 Å². The molecule has 0 fully saturated rings. The van der Waals surface area contributed by atoms with Gasteiger partial charge in [-0.1, -0.05) is 96.1 Å². The number of benzene rings is 3. The van der Waals surface area contributed by atoms with Crippen LogP contribution in [0.3, 0.4) is 0 Å². The summed E-state index contributed by atoms with van der Waals surface area (Å²) in [5.74, 6) is -0.265. The number of hydrogen-bond donors (Lipinski definition) is 2. The number of rotatable bonds is 25. The normalized spacial score (nSPS) is 11.9. The van der Waals surface area contributed by atoms with Crippen molar-refractivity contribution >= 4 is 5.91 Å². The Hall–Kier alpha value is -4.59. The molecule has 0 aliphatic carbocycles. The lowest BCUT2D eigenvalue weighted by Crippen LogP contribution is -2.43. The molecule has 0 saturated carbocycles. The molecule has 0 spiro atoms. The molecule has 50 heavy (non-hydrogen) atoms. The van der Waals surface area contributed by atoms with Crippen molar-refractivity contribution in [3.8, 4) is 0 Å². The average molecular weight is 686 g/mol. The third-order valence-electron chi connectivity index (χ3n) is 7.80. The SMILES string of the molecule is [N-]=[N+]=NCCOCCOCCOCCOCCOCCNC(=O)[C@@H](N)Cc1cn(C(c2ccccc2)(c2ccccc2)c2ccccc2)cn1. The number of carbonyl (C=O) groups is 1. The molecule has 13 nitrogen and oxygen atoms in total. The zero-order valence-corrected chi connectivity index (χ0v) is 28.3. The number of aromatic nitrogens is 2. The standard InChI is InChI=1S/C37H47N7O6/c38-35(36(45)40-16-18-46-20-22-48-24-26-50-27-25-49-23-21-47-19-17-42-43-39)28-34-29-44(30-41-34)37(31-10-4-1-5-11-31,32-12-6-2-7-13-32)33-14-8-3-9-15-33/h1-15,29-30,35H,16-28,38H2,(H,40,45)/t35-/m0/s1. The van der Waals surface area contributed by atoms with Gasteiger partial charge in [0.2, 0.25) is 5.91 Å². The molecule has 0 unspecified atom stereocenters. The van der Waals surface area contributed by atoms with E-state index >= 15 is 0 Å². The highest BCUT2D eigenvalue weighted by molar-refractivity contribution is 5.81. The molecule has 266 valence electrons. The molecule has 0 radical (unpaired) electrons. The van der Waals surface area contributed by atoms with Crippen LogP contribution in [0.25, 0.3) is 10.4 Å². The second kappa shape index (κ2) is 22.2. The number of nitrogens with one attached hydrogen (secondary N) is 1. The van der Waals surface area contributed by atoms with E-state index < -0.39 is 11.6 Å². The van der Waals surface area contributed by atoms with Crippen molar-refractivity contribution < 1.29 is 28.5 Å². The summed E-state index contributed by atoms with van der Waals surface area (Å²) in [5, 5.41) is 6.23. The Morgan fingerprint density at radius 3 is 1.64 bits per heavy atom. The lowest BCUT2D eigenvalue weighted by Gasteiger charge is -2.37. The van der Waals surface area contributed by atoms with E-state index in [0.717, 1.165) is 22.4 Å². The summed E-state index contributed by atoms with van der Waals surface area (Å²) in [6.07, 6.45) is 4.09. The number of hydrogen-bond acceptors (Lipinski definition) is 9. The monoisotopic (exact) mass is 685 g/mol. The van der Waals surface area contributed by atoms with Gasteiger partial charge >= 0.3 is 0 Å². The molecule has 0 saturated heterocycles. The van der Waals surface area contributed by atoms with Gasteiger partial charge in [-0.25, -0.2) is 4.98 Å². The van der Waals surface area contributed by atoms with E-state index in [2.05, 4.69) is 56.3 Å². The van der Waals surface area contributed by atoms with E-state index in [-0.39, 0.29) is 12.3 Å². The van der Waals surface area contributed by atoms with Crippen LogP contribution >= 0.6 is 0 Å². The minimum atomic E-state index is -0.768. The highest BCUT2D eigenvalue weighted by Crippen LogP contribution is 2.40. The van der Waals surface area contributed by atoms with Gasteiger partial charge in [0.25, 0.3) is 0 Å². The second-order valence-corrected chi connectivity index (χ2v) is 11.2. The molecular formula is C37H47N7O6. The molecule has 1 aromatic heterocycles. The summed E-state index contributed by atoms with van der Waals surface area (Å²) in [5.41, 5.74) is 17.8. The lowest BCUT2D eigenvalue weighted by atomic mass is 9.77. The van der Waals surface area contributed by atoms with Gasteiger partial charge in [-0.3, -0.25) is 4.79 Å². The van der Waals surface area contributed by atoms with Gasteiger partial charge in [0.1, 0.15) is 5.54 Å². The zero-order valence-electron chi connectivity index (χ0n) is 28.3. The van der Waals surface area contributed by atoms with Gasteiger partial charge in [-0.2, -0.15) is 0 Å². The van der Waals surface area contributed by atoms with Crippen LogP contribution in [0.4, 0.5) is 0 Å². The summed E-state index contributed by atoms with van der Waals surface area (Å²) in [6, 6.07) is 30.3. The molecule has 4 rings (SSSR count). The summed E-state index contributed by atoms with van der Waals surface area (Å²) in [7, 11) is 0. The van der Waals surface area contributed by atoms with Crippen molar-refractivity contribution in [2.45, 2.75) is 18.0 Å². The molecule has 4 aromatic rings. The highest BCUT2D eigenvalue weighted by Gasteiger charge is 2.38. The van der Waals surface area contributed by atoms with Crippen LogP contribution in [0.15, 0.2) is 109 Å². The fourth-order valence-electron chi connectivity index (χ4n) is 5.47. The maximum absolute atomic E-state index is 12.8. The quantitative estimate of drug-likeness (QED) is 0.0346. The maximum Gasteiger partial charge on any atom is 0.237 e. The van der Waals surface area contributed by atoms with Crippen LogP contribution in [0, 0.1) is 0 Å². The molecule has 0 aliphatic heterocycles. The van der Waals surface area contributed by atoms with E-state index in [1.807, 2.05) is 67.1 Å². The van der Waals surface area contributed by atoms with Crippen molar-refractivity contribution in [2.24, 2.45) is 10.8 Å². The Balaban J connectivity index is 1.15. The summed E-state index contributed by atoms with van der Waals surface area (Å²) >= 11 is 0. The summed E-state index contributed by atoms with van der Waals surface area (Å²) < 4.78 is 29.3. The number of imidazole rings is 1. The average Bonchev–Trinajstić information content (AvgIpc) is 3.62. The molecule has 13 heteroatoms. The first kappa shape index (κ1) is 38.2. The minimum Gasteiger partial charge on any atom is -0.379 e. The van der Waals surface area contributed by atoms with Gasteiger partial charge in [0.05, 0.1) is 84.1 Å². The Bertz CT molecular complexity index is 1460. The van der Waals surface area contributed by atoms with E-state index in [0.29, 0.717) is 79.2 Å². The minimum absolute atomic E-state index is 0.265. The third-order valence-corrected chi connectivity index (χ3v) is 7.80. The first-order valence-corrected chi connectivity index (χ1v) is 16.8.